The number of carbonyl (C=O) groups excluding carboxylic acids is 1. The summed E-state index contributed by atoms with van der Waals surface area (Å²) in [4.78, 5) is 11.6. The molecule has 1 heterocycles. The summed E-state index contributed by atoms with van der Waals surface area (Å²) in [6.07, 6.45) is 1.94. The standard InChI is InChI=1S/C13H17BrN2O4S/c1-20-11-6-5-9(14)8-12(11)21(18,19)16-7-3-2-4-10(16)13(15)17/h5-6,8,10H,2-4,7H2,1H3,(H2,15,17)/t10-/m1/s1. The van der Waals surface area contributed by atoms with Gasteiger partial charge in [0.1, 0.15) is 16.7 Å². The molecule has 6 nitrogen and oxygen atoms in total. The van der Waals surface area contributed by atoms with E-state index in [-0.39, 0.29) is 17.2 Å². The number of ether oxygens (including phenoxy) is 1. The molecule has 1 aromatic carbocycles. The smallest absolute Gasteiger partial charge is 0.247 e. The number of sulfonamides is 1. The number of nitrogens with zero attached hydrogens (tertiary/aromatic N) is 1. The van der Waals surface area contributed by atoms with Crippen molar-refractivity contribution in [3.8, 4) is 5.75 Å². The molecule has 1 aliphatic rings. The van der Waals surface area contributed by atoms with Gasteiger partial charge in [-0.2, -0.15) is 4.31 Å². The van der Waals surface area contributed by atoms with Crippen LogP contribution >= 0.6 is 15.9 Å². The Morgan fingerprint density at radius 2 is 2.14 bits per heavy atom. The van der Waals surface area contributed by atoms with Crippen molar-refractivity contribution < 1.29 is 17.9 Å². The first-order chi connectivity index (χ1) is 9.87. The Labute approximate surface area is 132 Å². The van der Waals surface area contributed by atoms with Crippen LogP contribution in [0.5, 0.6) is 5.75 Å². The van der Waals surface area contributed by atoms with Crippen LogP contribution in [-0.4, -0.2) is 38.3 Å². The van der Waals surface area contributed by atoms with Crippen LogP contribution in [0.25, 0.3) is 0 Å². The van der Waals surface area contributed by atoms with Crippen molar-refractivity contribution in [3.63, 3.8) is 0 Å². The van der Waals surface area contributed by atoms with Gasteiger partial charge in [-0.1, -0.05) is 22.4 Å². The van der Waals surface area contributed by atoms with Crippen molar-refractivity contribution in [1.29, 1.82) is 0 Å². The number of hydrogen-bond donors (Lipinski definition) is 1. The SMILES string of the molecule is COc1ccc(Br)cc1S(=O)(=O)N1CCCC[C@@H]1C(N)=O. The number of amides is 1. The predicted molar refractivity (Wildman–Crippen MR) is 81.4 cm³/mol. The number of nitrogens with two attached hydrogens (primary N) is 1. The van der Waals surface area contributed by atoms with Gasteiger partial charge >= 0.3 is 0 Å². The molecule has 0 radical (unpaired) electrons. The summed E-state index contributed by atoms with van der Waals surface area (Å²) in [5, 5.41) is 0. The van der Waals surface area contributed by atoms with Crippen LogP contribution in [-0.2, 0) is 14.8 Å². The van der Waals surface area contributed by atoms with E-state index in [1.807, 2.05) is 0 Å². The summed E-state index contributed by atoms with van der Waals surface area (Å²) in [6.45, 7) is 0.283. The van der Waals surface area contributed by atoms with Gasteiger partial charge in [0.25, 0.3) is 0 Å². The molecule has 0 saturated carbocycles. The van der Waals surface area contributed by atoms with E-state index >= 15 is 0 Å². The molecule has 21 heavy (non-hydrogen) atoms. The van der Waals surface area contributed by atoms with E-state index in [1.165, 1.54) is 17.5 Å². The van der Waals surface area contributed by atoms with Crippen molar-refractivity contribution in [2.45, 2.75) is 30.2 Å². The van der Waals surface area contributed by atoms with Crippen LogP contribution in [0.1, 0.15) is 19.3 Å². The van der Waals surface area contributed by atoms with Crippen molar-refractivity contribution in [1.82, 2.24) is 4.31 Å². The molecule has 1 fully saturated rings. The molecule has 1 atom stereocenters. The monoisotopic (exact) mass is 376 g/mol. The first kappa shape index (κ1) is 16.3. The Morgan fingerprint density at radius 1 is 1.43 bits per heavy atom. The summed E-state index contributed by atoms with van der Waals surface area (Å²) in [5.74, 6) is -0.376. The predicted octanol–water partition coefficient (Wildman–Crippen LogP) is 1.49. The number of hydrogen-bond acceptors (Lipinski definition) is 4. The summed E-state index contributed by atoms with van der Waals surface area (Å²) >= 11 is 3.26. The van der Waals surface area contributed by atoms with Gasteiger partial charge in [-0.05, 0) is 31.0 Å². The number of benzene rings is 1. The second kappa shape index (κ2) is 6.33. The highest BCUT2D eigenvalue weighted by atomic mass is 79.9. The number of carbonyl (C=O) groups is 1. The zero-order valence-corrected chi connectivity index (χ0v) is 14.0. The molecule has 1 amide bonds. The highest BCUT2D eigenvalue weighted by Crippen LogP contribution is 2.32. The van der Waals surface area contributed by atoms with E-state index in [4.69, 9.17) is 10.5 Å². The van der Waals surface area contributed by atoms with Gasteiger partial charge in [-0.25, -0.2) is 8.42 Å². The molecule has 0 bridgehead atoms. The fourth-order valence-electron chi connectivity index (χ4n) is 2.46. The minimum atomic E-state index is -3.84. The summed E-state index contributed by atoms with van der Waals surface area (Å²) in [6, 6.07) is 3.94. The summed E-state index contributed by atoms with van der Waals surface area (Å²) < 4.78 is 32.6. The molecule has 116 valence electrons. The van der Waals surface area contributed by atoms with Crippen LogP contribution in [0, 0.1) is 0 Å². The van der Waals surface area contributed by atoms with Crippen LogP contribution in [0.3, 0.4) is 0 Å². The average molecular weight is 377 g/mol. The number of piperidine rings is 1. The van der Waals surface area contributed by atoms with Gasteiger partial charge in [0.15, 0.2) is 0 Å². The highest BCUT2D eigenvalue weighted by Gasteiger charge is 2.38. The van der Waals surface area contributed by atoms with E-state index in [0.29, 0.717) is 17.3 Å². The van der Waals surface area contributed by atoms with Gasteiger partial charge in [0.2, 0.25) is 15.9 Å². The third kappa shape index (κ3) is 3.22. The van der Waals surface area contributed by atoms with E-state index in [9.17, 15) is 13.2 Å². The molecular weight excluding hydrogens is 360 g/mol. The minimum absolute atomic E-state index is 0.0347. The van der Waals surface area contributed by atoms with Crippen molar-refractivity contribution >= 4 is 31.9 Å². The van der Waals surface area contributed by atoms with E-state index < -0.39 is 22.0 Å². The molecule has 1 aliphatic heterocycles. The second-order valence-corrected chi connectivity index (χ2v) is 7.60. The van der Waals surface area contributed by atoms with Crippen LogP contribution < -0.4 is 10.5 Å². The van der Waals surface area contributed by atoms with Crippen molar-refractivity contribution in [2.75, 3.05) is 13.7 Å². The number of rotatable bonds is 4. The number of primary amides is 1. The maximum absolute atomic E-state index is 12.9. The Morgan fingerprint density at radius 3 is 2.76 bits per heavy atom. The molecule has 0 unspecified atom stereocenters. The largest absolute Gasteiger partial charge is 0.495 e. The van der Waals surface area contributed by atoms with E-state index in [0.717, 1.165) is 6.42 Å². The zero-order valence-electron chi connectivity index (χ0n) is 11.6. The van der Waals surface area contributed by atoms with Crippen LogP contribution in [0.4, 0.5) is 0 Å². The zero-order chi connectivity index (χ0) is 15.6. The Bertz CT molecular complexity index is 648. The molecule has 1 aromatic rings. The highest BCUT2D eigenvalue weighted by molar-refractivity contribution is 9.10. The maximum atomic E-state index is 12.9. The fraction of sp³-hybridized carbons (Fsp3) is 0.462. The third-order valence-electron chi connectivity index (χ3n) is 3.49. The molecule has 0 spiro atoms. The molecular formula is C13H17BrN2O4S. The quantitative estimate of drug-likeness (QED) is 0.861. The number of halogens is 1. The Balaban J connectivity index is 2.50. The molecule has 2 N–H and O–H groups in total. The first-order valence-corrected chi connectivity index (χ1v) is 8.76. The molecule has 0 aromatic heterocycles. The van der Waals surface area contributed by atoms with Crippen molar-refractivity contribution in [2.24, 2.45) is 5.73 Å². The lowest BCUT2D eigenvalue weighted by Gasteiger charge is -2.32. The number of methoxy groups -OCH3 is 1. The van der Waals surface area contributed by atoms with Gasteiger partial charge in [-0.3, -0.25) is 4.79 Å². The molecule has 0 aliphatic carbocycles. The maximum Gasteiger partial charge on any atom is 0.247 e. The summed E-state index contributed by atoms with van der Waals surface area (Å²) in [7, 11) is -2.44. The average Bonchev–Trinajstić information content (AvgIpc) is 2.47. The molecule has 8 heteroatoms. The second-order valence-electron chi connectivity index (χ2n) is 4.82. The lowest BCUT2D eigenvalue weighted by atomic mass is 10.0. The lowest BCUT2D eigenvalue weighted by molar-refractivity contribution is -0.122. The van der Waals surface area contributed by atoms with Crippen LogP contribution in [0.15, 0.2) is 27.6 Å². The fourth-order valence-corrected chi connectivity index (χ4v) is 4.82. The van der Waals surface area contributed by atoms with E-state index in [2.05, 4.69) is 15.9 Å². The summed E-state index contributed by atoms with van der Waals surface area (Å²) in [5.41, 5.74) is 5.35. The molecule has 1 saturated heterocycles. The Kier molecular flexibility index (Phi) is 4.90. The first-order valence-electron chi connectivity index (χ1n) is 6.52. The third-order valence-corrected chi connectivity index (χ3v) is 5.92. The minimum Gasteiger partial charge on any atom is -0.495 e. The molecule has 2 rings (SSSR count). The van der Waals surface area contributed by atoms with Crippen molar-refractivity contribution in [3.05, 3.63) is 22.7 Å². The topological polar surface area (TPSA) is 89.7 Å². The van der Waals surface area contributed by atoms with E-state index in [1.54, 1.807) is 12.1 Å². The van der Waals surface area contributed by atoms with Gasteiger partial charge in [0, 0.05) is 11.0 Å². The normalized spacial score (nSPS) is 20.2. The van der Waals surface area contributed by atoms with Gasteiger partial charge in [-0.15, -0.1) is 0 Å². The van der Waals surface area contributed by atoms with Gasteiger partial charge in [0.05, 0.1) is 7.11 Å². The van der Waals surface area contributed by atoms with Gasteiger partial charge < -0.3 is 10.5 Å². The lowest BCUT2D eigenvalue weighted by Crippen LogP contribution is -2.50. The van der Waals surface area contributed by atoms with Crippen LogP contribution in [0.2, 0.25) is 0 Å². The Hall–Kier alpha value is -1.12.